The lowest BCUT2D eigenvalue weighted by atomic mass is 10.1. The first kappa shape index (κ1) is 14.2. The number of fused-ring (bicyclic) bond motifs is 2. The molecule has 3 heterocycles. The zero-order valence-electron chi connectivity index (χ0n) is 12.7. The molecule has 118 valence electrons. The Balaban J connectivity index is 1.56. The maximum Gasteiger partial charge on any atom is 0.274 e. The summed E-state index contributed by atoms with van der Waals surface area (Å²) in [5, 5.41) is 14.8. The van der Waals surface area contributed by atoms with Crippen LogP contribution in [0.3, 0.4) is 0 Å². The Morgan fingerprint density at radius 3 is 3.00 bits per heavy atom. The van der Waals surface area contributed by atoms with Crippen LogP contribution in [0.25, 0.3) is 21.8 Å². The van der Waals surface area contributed by atoms with E-state index in [4.69, 9.17) is 0 Å². The van der Waals surface area contributed by atoms with Crippen LogP contribution in [0, 0.1) is 0 Å². The lowest BCUT2D eigenvalue weighted by Gasteiger charge is -2.08. The standard InChI is InChI=1S/C18H14N4O2/c23-17-15-13(2-1-6-20-15)10-21-16(17)18(24)22-9-11-3-4-12-5-7-19-14(12)8-11/h1-8,10,19,23H,9H2,(H,22,24). The average Bonchev–Trinajstić information content (AvgIpc) is 3.08. The Labute approximate surface area is 137 Å². The third kappa shape index (κ3) is 2.44. The lowest BCUT2D eigenvalue weighted by molar-refractivity contribution is 0.0943. The number of carbonyl (C=O) groups is 1. The van der Waals surface area contributed by atoms with Crippen LogP contribution in [-0.4, -0.2) is 26.0 Å². The van der Waals surface area contributed by atoms with E-state index in [1.165, 1.54) is 6.20 Å². The first-order chi connectivity index (χ1) is 11.7. The fraction of sp³-hybridized carbons (Fsp3) is 0.0556. The van der Waals surface area contributed by atoms with Crippen LogP contribution in [0.2, 0.25) is 0 Å². The van der Waals surface area contributed by atoms with Gasteiger partial charge in [-0.1, -0.05) is 12.1 Å². The quantitative estimate of drug-likeness (QED) is 0.542. The van der Waals surface area contributed by atoms with Crippen LogP contribution in [-0.2, 0) is 6.54 Å². The molecule has 0 aliphatic rings. The van der Waals surface area contributed by atoms with Crippen LogP contribution in [0.15, 0.2) is 55.0 Å². The van der Waals surface area contributed by atoms with Crippen LogP contribution in [0.1, 0.15) is 16.1 Å². The van der Waals surface area contributed by atoms with E-state index in [9.17, 15) is 9.90 Å². The van der Waals surface area contributed by atoms with Crippen molar-refractivity contribution in [1.82, 2.24) is 20.3 Å². The minimum Gasteiger partial charge on any atom is -0.504 e. The van der Waals surface area contributed by atoms with E-state index in [0.29, 0.717) is 17.4 Å². The molecule has 0 radical (unpaired) electrons. The number of nitrogens with one attached hydrogen (secondary N) is 2. The van der Waals surface area contributed by atoms with Gasteiger partial charge in [-0.05, 0) is 35.2 Å². The monoisotopic (exact) mass is 318 g/mol. The van der Waals surface area contributed by atoms with Gasteiger partial charge in [0.05, 0.1) is 0 Å². The van der Waals surface area contributed by atoms with Gasteiger partial charge >= 0.3 is 0 Å². The number of H-pyrrole nitrogens is 1. The number of nitrogens with zero attached hydrogens (tertiary/aromatic N) is 2. The van der Waals surface area contributed by atoms with Gasteiger partial charge in [0.15, 0.2) is 11.4 Å². The zero-order chi connectivity index (χ0) is 16.5. The first-order valence-corrected chi connectivity index (χ1v) is 7.49. The minimum absolute atomic E-state index is 0.0258. The summed E-state index contributed by atoms with van der Waals surface area (Å²) in [6.45, 7) is 0.342. The molecule has 3 aromatic heterocycles. The molecule has 0 bridgehead atoms. The first-order valence-electron chi connectivity index (χ1n) is 7.49. The van der Waals surface area contributed by atoms with E-state index in [-0.39, 0.29) is 11.4 Å². The Kier molecular flexibility index (Phi) is 3.35. The molecule has 0 aliphatic heterocycles. The lowest BCUT2D eigenvalue weighted by Crippen LogP contribution is -2.24. The van der Waals surface area contributed by atoms with E-state index in [1.54, 1.807) is 18.3 Å². The normalized spacial score (nSPS) is 11.0. The van der Waals surface area contributed by atoms with Crippen LogP contribution < -0.4 is 5.32 Å². The molecule has 1 aromatic carbocycles. The molecule has 0 atom stereocenters. The fourth-order valence-electron chi connectivity index (χ4n) is 2.66. The van der Waals surface area contributed by atoms with E-state index in [1.807, 2.05) is 30.5 Å². The molecular weight excluding hydrogens is 304 g/mol. The summed E-state index contributed by atoms with van der Waals surface area (Å²) in [6.07, 6.45) is 4.97. The molecule has 0 saturated heterocycles. The van der Waals surface area contributed by atoms with E-state index in [2.05, 4.69) is 20.3 Å². The number of carbonyl (C=O) groups excluding carboxylic acids is 1. The van der Waals surface area contributed by atoms with Crippen molar-refractivity contribution in [2.24, 2.45) is 0 Å². The number of pyridine rings is 2. The third-order valence-corrected chi connectivity index (χ3v) is 3.91. The van der Waals surface area contributed by atoms with Crippen molar-refractivity contribution in [3.8, 4) is 5.75 Å². The minimum atomic E-state index is -0.438. The van der Waals surface area contributed by atoms with Gasteiger partial charge in [0.1, 0.15) is 5.52 Å². The number of hydrogen-bond donors (Lipinski definition) is 3. The van der Waals surface area contributed by atoms with Crippen molar-refractivity contribution >= 4 is 27.7 Å². The van der Waals surface area contributed by atoms with E-state index in [0.717, 1.165) is 16.5 Å². The molecule has 4 aromatic rings. The largest absolute Gasteiger partial charge is 0.504 e. The summed E-state index contributed by atoms with van der Waals surface area (Å²) in [6, 6.07) is 11.4. The molecule has 4 rings (SSSR count). The summed E-state index contributed by atoms with van der Waals surface area (Å²) < 4.78 is 0. The summed E-state index contributed by atoms with van der Waals surface area (Å²) in [5.74, 6) is -0.642. The number of aromatic amines is 1. The van der Waals surface area contributed by atoms with Crippen molar-refractivity contribution < 1.29 is 9.90 Å². The smallest absolute Gasteiger partial charge is 0.274 e. The molecule has 24 heavy (non-hydrogen) atoms. The number of aromatic nitrogens is 3. The maximum atomic E-state index is 12.3. The highest BCUT2D eigenvalue weighted by Gasteiger charge is 2.16. The molecule has 0 saturated carbocycles. The number of rotatable bonds is 3. The van der Waals surface area contributed by atoms with Crippen molar-refractivity contribution in [2.45, 2.75) is 6.54 Å². The molecule has 6 nitrogen and oxygen atoms in total. The van der Waals surface area contributed by atoms with Gasteiger partial charge in [-0.3, -0.25) is 9.78 Å². The third-order valence-electron chi connectivity index (χ3n) is 3.91. The number of hydrogen-bond acceptors (Lipinski definition) is 4. The Bertz CT molecular complexity index is 1060. The van der Waals surface area contributed by atoms with Crippen LogP contribution >= 0.6 is 0 Å². The highest BCUT2D eigenvalue weighted by molar-refractivity contribution is 6.00. The van der Waals surface area contributed by atoms with Crippen molar-refractivity contribution in [3.05, 3.63) is 66.2 Å². The van der Waals surface area contributed by atoms with Crippen molar-refractivity contribution in [1.29, 1.82) is 0 Å². The summed E-state index contributed by atoms with van der Waals surface area (Å²) in [7, 11) is 0. The highest BCUT2D eigenvalue weighted by Crippen LogP contribution is 2.24. The van der Waals surface area contributed by atoms with Gasteiger partial charge in [0, 0.05) is 36.0 Å². The van der Waals surface area contributed by atoms with Gasteiger partial charge in [-0.25, -0.2) is 4.98 Å². The average molecular weight is 318 g/mol. The maximum absolute atomic E-state index is 12.3. The Morgan fingerprint density at radius 1 is 1.17 bits per heavy atom. The second kappa shape index (κ2) is 5.66. The molecule has 0 fully saturated rings. The topological polar surface area (TPSA) is 90.9 Å². The highest BCUT2D eigenvalue weighted by atomic mass is 16.3. The molecule has 3 N–H and O–H groups in total. The summed E-state index contributed by atoms with van der Waals surface area (Å²) in [5.41, 5.74) is 2.31. The molecule has 0 unspecified atom stereocenters. The van der Waals surface area contributed by atoms with Gasteiger partial charge < -0.3 is 15.4 Å². The summed E-state index contributed by atoms with van der Waals surface area (Å²) >= 11 is 0. The van der Waals surface area contributed by atoms with Gasteiger partial charge in [0.2, 0.25) is 0 Å². The molecular formula is C18H14N4O2. The van der Waals surface area contributed by atoms with Gasteiger partial charge in [0.25, 0.3) is 5.91 Å². The summed E-state index contributed by atoms with van der Waals surface area (Å²) in [4.78, 5) is 23.6. The number of benzene rings is 1. The zero-order valence-corrected chi connectivity index (χ0v) is 12.7. The Hall–Kier alpha value is -3.41. The Morgan fingerprint density at radius 2 is 2.08 bits per heavy atom. The van der Waals surface area contributed by atoms with Crippen LogP contribution in [0.4, 0.5) is 0 Å². The second-order valence-corrected chi connectivity index (χ2v) is 5.48. The predicted molar refractivity (Wildman–Crippen MR) is 90.7 cm³/mol. The van der Waals surface area contributed by atoms with E-state index < -0.39 is 5.91 Å². The van der Waals surface area contributed by atoms with E-state index >= 15 is 0 Å². The van der Waals surface area contributed by atoms with Gasteiger partial charge in [-0.15, -0.1) is 0 Å². The predicted octanol–water partition coefficient (Wildman–Crippen LogP) is 2.75. The molecule has 0 spiro atoms. The SMILES string of the molecule is O=C(NCc1ccc2cc[nH]c2c1)c1ncc2cccnc2c1O. The molecule has 6 heteroatoms. The number of aromatic hydroxyl groups is 1. The molecule has 0 aliphatic carbocycles. The van der Waals surface area contributed by atoms with Gasteiger partial charge in [-0.2, -0.15) is 0 Å². The van der Waals surface area contributed by atoms with Crippen molar-refractivity contribution in [2.75, 3.05) is 0 Å². The second-order valence-electron chi connectivity index (χ2n) is 5.48. The van der Waals surface area contributed by atoms with Crippen LogP contribution in [0.5, 0.6) is 5.75 Å². The number of amides is 1. The van der Waals surface area contributed by atoms with Crippen molar-refractivity contribution in [3.63, 3.8) is 0 Å². The molecule has 1 amide bonds. The fourth-order valence-corrected chi connectivity index (χ4v) is 2.66.